The van der Waals surface area contributed by atoms with E-state index in [2.05, 4.69) is 79.9 Å². The van der Waals surface area contributed by atoms with Gasteiger partial charge in [0.15, 0.2) is 0 Å². The van der Waals surface area contributed by atoms with E-state index in [1.807, 2.05) is 53.1 Å². The van der Waals surface area contributed by atoms with Gasteiger partial charge < -0.3 is 20.4 Å². The van der Waals surface area contributed by atoms with Gasteiger partial charge in [0, 0.05) is 30.8 Å². The quantitative estimate of drug-likeness (QED) is 0.300. The number of pyridine rings is 1. The summed E-state index contributed by atoms with van der Waals surface area (Å²) in [6.07, 6.45) is 6.08. The minimum Gasteiger partial charge on any atom is -0.354 e. The van der Waals surface area contributed by atoms with Gasteiger partial charge in [-0.05, 0) is 61.2 Å². The summed E-state index contributed by atoms with van der Waals surface area (Å²) in [4.78, 5) is 8.95. The molecule has 6 nitrogen and oxygen atoms in total. The Morgan fingerprint density at radius 2 is 1.64 bits per heavy atom. The lowest BCUT2D eigenvalue weighted by Crippen LogP contribution is -2.25. The fourth-order valence-electron chi connectivity index (χ4n) is 3.06. The highest BCUT2D eigenvalue weighted by atomic mass is 15.1. The van der Waals surface area contributed by atoms with E-state index >= 15 is 0 Å². The summed E-state index contributed by atoms with van der Waals surface area (Å²) in [6, 6.07) is 12.0. The van der Waals surface area contributed by atoms with Crippen molar-refractivity contribution in [2.75, 3.05) is 17.7 Å². The SMILES string of the molecule is C=C(NC(/C=C(\C)C(C)(C)C)=NC)Nc1ccc(NC(=C)c2cn3cc(C)ccc3n2)cc1. The van der Waals surface area contributed by atoms with Crippen LogP contribution in [0, 0.1) is 12.3 Å². The zero-order valence-electron chi connectivity index (χ0n) is 20.5. The van der Waals surface area contributed by atoms with E-state index < -0.39 is 0 Å². The minimum absolute atomic E-state index is 0.0848. The van der Waals surface area contributed by atoms with Crippen molar-refractivity contribution in [2.45, 2.75) is 34.6 Å². The van der Waals surface area contributed by atoms with Crippen LogP contribution in [-0.4, -0.2) is 22.3 Å². The Balaban J connectivity index is 1.60. The maximum Gasteiger partial charge on any atom is 0.137 e. The molecule has 0 aliphatic carbocycles. The first-order chi connectivity index (χ1) is 15.5. The van der Waals surface area contributed by atoms with Crippen molar-refractivity contribution in [3.63, 3.8) is 0 Å². The Kier molecular flexibility index (Phi) is 7.07. The van der Waals surface area contributed by atoms with Crippen molar-refractivity contribution in [1.82, 2.24) is 14.7 Å². The lowest BCUT2D eigenvalue weighted by atomic mass is 9.87. The predicted octanol–water partition coefficient (Wildman–Crippen LogP) is 6.22. The van der Waals surface area contributed by atoms with Crippen LogP contribution in [0.3, 0.4) is 0 Å². The molecule has 3 N–H and O–H groups in total. The number of hydrogen-bond donors (Lipinski definition) is 3. The minimum atomic E-state index is 0.0848. The zero-order valence-corrected chi connectivity index (χ0v) is 20.5. The van der Waals surface area contributed by atoms with Gasteiger partial charge in [-0.1, -0.05) is 45.6 Å². The van der Waals surface area contributed by atoms with Gasteiger partial charge in [0.2, 0.25) is 0 Å². The lowest BCUT2D eigenvalue weighted by Gasteiger charge is -2.20. The molecule has 0 radical (unpaired) electrons. The van der Waals surface area contributed by atoms with Gasteiger partial charge in [-0.25, -0.2) is 4.98 Å². The molecule has 0 spiro atoms. The van der Waals surface area contributed by atoms with Gasteiger partial charge in [0.1, 0.15) is 23.0 Å². The number of aryl methyl sites for hydroxylation is 1. The number of benzene rings is 1. The third-order valence-corrected chi connectivity index (χ3v) is 5.44. The molecule has 6 heteroatoms. The van der Waals surface area contributed by atoms with Crippen LogP contribution in [0.15, 0.2) is 84.4 Å². The molecule has 0 saturated heterocycles. The van der Waals surface area contributed by atoms with Crippen LogP contribution >= 0.6 is 0 Å². The molecule has 0 amide bonds. The Bertz CT molecular complexity index is 1220. The van der Waals surface area contributed by atoms with Crippen LogP contribution in [0.2, 0.25) is 0 Å². The molecule has 0 atom stereocenters. The van der Waals surface area contributed by atoms with Gasteiger partial charge in [-0.15, -0.1) is 0 Å². The maximum absolute atomic E-state index is 4.63. The van der Waals surface area contributed by atoms with E-state index in [-0.39, 0.29) is 5.41 Å². The van der Waals surface area contributed by atoms with Crippen LogP contribution in [0.25, 0.3) is 11.3 Å². The van der Waals surface area contributed by atoms with Gasteiger partial charge >= 0.3 is 0 Å². The molecule has 0 bridgehead atoms. The van der Waals surface area contributed by atoms with Crippen LogP contribution < -0.4 is 16.0 Å². The summed E-state index contributed by atoms with van der Waals surface area (Å²) < 4.78 is 2.01. The number of allylic oxidation sites excluding steroid dienone is 1. The van der Waals surface area contributed by atoms with Crippen molar-refractivity contribution in [2.24, 2.45) is 10.4 Å². The maximum atomic E-state index is 4.63. The zero-order chi connectivity index (χ0) is 24.2. The van der Waals surface area contributed by atoms with E-state index in [1.54, 1.807) is 7.05 Å². The van der Waals surface area contributed by atoms with E-state index in [9.17, 15) is 0 Å². The number of rotatable bonds is 7. The van der Waals surface area contributed by atoms with Gasteiger partial charge in [-0.2, -0.15) is 0 Å². The average molecular weight is 443 g/mol. The normalized spacial score (nSPS) is 12.5. The second-order valence-corrected chi connectivity index (χ2v) is 9.19. The highest BCUT2D eigenvalue weighted by Crippen LogP contribution is 2.24. The molecular weight excluding hydrogens is 408 g/mol. The third kappa shape index (κ3) is 6.35. The molecule has 0 saturated carbocycles. The summed E-state index contributed by atoms with van der Waals surface area (Å²) in [5, 5.41) is 9.83. The average Bonchev–Trinajstić information content (AvgIpc) is 3.17. The Morgan fingerprint density at radius 1 is 1.00 bits per heavy atom. The van der Waals surface area contributed by atoms with E-state index in [1.165, 1.54) is 11.1 Å². The number of imidazole rings is 1. The molecule has 0 aliphatic heterocycles. The highest BCUT2D eigenvalue weighted by Gasteiger charge is 2.13. The summed E-state index contributed by atoms with van der Waals surface area (Å²) in [5.74, 6) is 1.41. The van der Waals surface area contributed by atoms with Crippen molar-refractivity contribution in [3.05, 3.63) is 90.7 Å². The standard InChI is InChI=1S/C27H34N6/c1-18-9-14-26-32-24(17-33(26)16-18)20(3)29-22-10-12-23(13-11-22)30-21(4)31-25(28-8)15-19(2)27(5,6)7/h9-17,29-30H,3-4H2,1-2,5-8H3,(H,28,31)/b19-15+. The number of nitrogens with one attached hydrogen (secondary N) is 3. The van der Waals surface area contributed by atoms with Gasteiger partial charge in [-0.3, -0.25) is 4.99 Å². The van der Waals surface area contributed by atoms with Crippen LogP contribution in [0.4, 0.5) is 11.4 Å². The Labute approximate surface area is 196 Å². The molecule has 0 fully saturated rings. The smallest absolute Gasteiger partial charge is 0.137 e. The Morgan fingerprint density at radius 3 is 2.24 bits per heavy atom. The molecule has 2 aromatic heterocycles. The summed E-state index contributed by atoms with van der Waals surface area (Å²) >= 11 is 0. The second kappa shape index (κ2) is 9.77. The van der Waals surface area contributed by atoms with Gasteiger partial charge in [0.25, 0.3) is 0 Å². The monoisotopic (exact) mass is 442 g/mol. The van der Waals surface area contributed by atoms with Crippen molar-refractivity contribution >= 4 is 28.6 Å². The third-order valence-electron chi connectivity index (χ3n) is 5.44. The number of amidine groups is 1. The number of nitrogens with zero attached hydrogens (tertiary/aromatic N) is 3. The first-order valence-electron chi connectivity index (χ1n) is 11.0. The molecule has 3 rings (SSSR count). The number of hydrogen-bond acceptors (Lipinski definition) is 4. The molecule has 1 aromatic carbocycles. The summed E-state index contributed by atoms with van der Waals surface area (Å²) in [7, 11) is 1.76. The largest absolute Gasteiger partial charge is 0.354 e. The van der Waals surface area contributed by atoms with Gasteiger partial charge in [0.05, 0.1) is 5.70 Å². The van der Waals surface area contributed by atoms with Crippen LogP contribution in [-0.2, 0) is 0 Å². The van der Waals surface area contributed by atoms with E-state index in [0.717, 1.165) is 34.2 Å². The molecule has 3 aromatic rings. The molecule has 33 heavy (non-hydrogen) atoms. The van der Waals surface area contributed by atoms with Crippen LogP contribution in [0.5, 0.6) is 0 Å². The molecule has 172 valence electrons. The Hall–Kier alpha value is -3.80. The van der Waals surface area contributed by atoms with E-state index in [4.69, 9.17) is 0 Å². The fraction of sp³-hybridized carbons (Fsp3) is 0.259. The first-order valence-corrected chi connectivity index (χ1v) is 11.0. The first kappa shape index (κ1) is 23.9. The van der Waals surface area contributed by atoms with Crippen molar-refractivity contribution in [1.29, 1.82) is 0 Å². The predicted molar refractivity (Wildman–Crippen MR) is 141 cm³/mol. The number of aliphatic imine (C=N–C) groups is 1. The summed E-state index contributed by atoms with van der Waals surface area (Å²) in [6.45, 7) is 18.9. The highest BCUT2D eigenvalue weighted by molar-refractivity contribution is 5.95. The van der Waals surface area contributed by atoms with Crippen LogP contribution in [0.1, 0.15) is 39.0 Å². The molecule has 0 aliphatic rings. The molecular formula is C27H34N6. The topological polar surface area (TPSA) is 65.8 Å². The lowest BCUT2D eigenvalue weighted by molar-refractivity contribution is 0.504. The van der Waals surface area contributed by atoms with E-state index in [0.29, 0.717) is 5.82 Å². The van der Waals surface area contributed by atoms with Crippen molar-refractivity contribution in [3.8, 4) is 0 Å². The van der Waals surface area contributed by atoms with Crippen molar-refractivity contribution < 1.29 is 0 Å². The number of fused-ring (bicyclic) bond motifs is 1. The molecule has 2 heterocycles. The second-order valence-electron chi connectivity index (χ2n) is 9.19. The number of aromatic nitrogens is 2. The summed E-state index contributed by atoms with van der Waals surface area (Å²) in [5.41, 5.74) is 6.80. The molecule has 0 unspecified atom stereocenters. The number of anilines is 2. The fourth-order valence-corrected chi connectivity index (χ4v) is 3.06.